The van der Waals surface area contributed by atoms with E-state index in [-0.39, 0.29) is 0 Å². The molecule has 0 unspecified atom stereocenters. The molecular formula is C30H27N. The Hall–Kier alpha value is -3.84. The SMILES string of the molecule is C=C(C)/C=C\C(=C/C)c1ccc(N(c2ccccc2)c2cccc3ccccc23)cc1. The highest BCUT2D eigenvalue weighted by Crippen LogP contribution is 2.38. The second-order valence-electron chi connectivity index (χ2n) is 7.64. The molecule has 4 aromatic rings. The molecule has 0 amide bonds. The largest absolute Gasteiger partial charge is 0.310 e. The lowest BCUT2D eigenvalue weighted by atomic mass is 10.0. The number of benzene rings is 4. The van der Waals surface area contributed by atoms with Crippen molar-refractivity contribution < 1.29 is 0 Å². The molecule has 31 heavy (non-hydrogen) atoms. The Morgan fingerprint density at radius 1 is 0.710 bits per heavy atom. The van der Waals surface area contributed by atoms with Crippen molar-refractivity contribution in [2.75, 3.05) is 4.90 Å². The van der Waals surface area contributed by atoms with Gasteiger partial charge < -0.3 is 4.90 Å². The monoisotopic (exact) mass is 401 g/mol. The van der Waals surface area contributed by atoms with E-state index in [4.69, 9.17) is 0 Å². The van der Waals surface area contributed by atoms with Crippen molar-refractivity contribution in [1.82, 2.24) is 0 Å². The van der Waals surface area contributed by atoms with Gasteiger partial charge in [-0.3, -0.25) is 0 Å². The number of fused-ring (bicyclic) bond motifs is 1. The Morgan fingerprint density at radius 2 is 1.35 bits per heavy atom. The van der Waals surface area contributed by atoms with E-state index in [9.17, 15) is 0 Å². The van der Waals surface area contributed by atoms with Gasteiger partial charge in [0.1, 0.15) is 0 Å². The van der Waals surface area contributed by atoms with Gasteiger partial charge in [-0.25, -0.2) is 0 Å². The van der Waals surface area contributed by atoms with E-state index in [1.807, 2.05) is 6.92 Å². The highest BCUT2D eigenvalue weighted by Gasteiger charge is 2.14. The predicted molar refractivity (Wildman–Crippen MR) is 136 cm³/mol. The molecule has 0 saturated heterocycles. The molecule has 0 radical (unpaired) electrons. The van der Waals surface area contributed by atoms with Crippen LogP contribution in [0.4, 0.5) is 17.1 Å². The molecular weight excluding hydrogens is 374 g/mol. The van der Waals surface area contributed by atoms with Crippen molar-refractivity contribution >= 4 is 33.4 Å². The van der Waals surface area contributed by atoms with E-state index < -0.39 is 0 Å². The van der Waals surface area contributed by atoms with Gasteiger partial charge >= 0.3 is 0 Å². The molecule has 0 heterocycles. The zero-order valence-electron chi connectivity index (χ0n) is 18.1. The van der Waals surface area contributed by atoms with E-state index in [0.29, 0.717) is 0 Å². The van der Waals surface area contributed by atoms with E-state index in [1.54, 1.807) is 0 Å². The first kappa shape index (κ1) is 20.4. The standard InChI is InChI=1S/C30H27N/c1-4-24(18-17-23(2)3)25-19-21-28(22-20-25)31(27-13-6-5-7-14-27)30-16-10-12-26-11-8-9-15-29(26)30/h4-22H,2H2,1,3H3/b18-17-,24-4+. The van der Waals surface area contributed by atoms with Crippen molar-refractivity contribution in [3.8, 4) is 0 Å². The number of rotatable bonds is 6. The van der Waals surface area contributed by atoms with Crippen molar-refractivity contribution in [3.63, 3.8) is 0 Å². The molecule has 152 valence electrons. The predicted octanol–water partition coefficient (Wildman–Crippen LogP) is 8.85. The van der Waals surface area contributed by atoms with Crippen LogP contribution in [0.1, 0.15) is 19.4 Å². The van der Waals surface area contributed by atoms with Gasteiger partial charge in [0.15, 0.2) is 0 Å². The quantitative estimate of drug-likeness (QED) is 0.292. The molecule has 1 nitrogen and oxygen atoms in total. The van der Waals surface area contributed by atoms with Crippen LogP contribution in [0.5, 0.6) is 0 Å². The van der Waals surface area contributed by atoms with Crippen molar-refractivity contribution in [3.05, 3.63) is 133 Å². The van der Waals surface area contributed by atoms with Crippen molar-refractivity contribution in [2.24, 2.45) is 0 Å². The number of nitrogens with zero attached hydrogens (tertiary/aromatic N) is 1. The normalized spacial score (nSPS) is 11.7. The first-order valence-corrected chi connectivity index (χ1v) is 10.6. The summed E-state index contributed by atoms with van der Waals surface area (Å²) in [6.45, 7) is 8.04. The molecule has 0 aliphatic rings. The summed E-state index contributed by atoms with van der Waals surface area (Å²) < 4.78 is 0. The molecule has 0 fully saturated rings. The first-order chi connectivity index (χ1) is 15.2. The second-order valence-corrected chi connectivity index (χ2v) is 7.64. The summed E-state index contributed by atoms with van der Waals surface area (Å²) in [5, 5.41) is 2.47. The van der Waals surface area contributed by atoms with Crippen molar-refractivity contribution in [2.45, 2.75) is 13.8 Å². The zero-order valence-corrected chi connectivity index (χ0v) is 18.1. The molecule has 0 N–H and O–H groups in total. The van der Waals surface area contributed by atoms with Crippen LogP contribution in [0.15, 0.2) is 127 Å². The number of hydrogen-bond acceptors (Lipinski definition) is 1. The lowest BCUT2D eigenvalue weighted by molar-refractivity contribution is 1.29. The van der Waals surface area contributed by atoms with E-state index in [2.05, 4.69) is 134 Å². The maximum Gasteiger partial charge on any atom is 0.0540 e. The molecule has 0 spiro atoms. The van der Waals surface area contributed by atoms with Gasteiger partial charge in [-0.05, 0) is 60.7 Å². The van der Waals surface area contributed by atoms with Crippen LogP contribution < -0.4 is 4.90 Å². The van der Waals surface area contributed by atoms with Gasteiger partial charge in [-0.2, -0.15) is 0 Å². The maximum atomic E-state index is 3.96. The molecule has 0 atom stereocenters. The van der Waals surface area contributed by atoms with Crippen LogP contribution in [0.3, 0.4) is 0 Å². The number of hydrogen-bond donors (Lipinski definition) is 0. The smallest absolute Gasteiger partial charge is 0.0540 e. The van der Waals surface area contributed by atoms with Gasteiger partial charge in [0.2, 0.25) is 0 Å². The highest BCUT2D eigenvalue weighted by molar-refractivity contribution is 5.98. The Bertz CT molecular complexity index is 1240. The van der Waals surface area contributed by atoms with Crippen LogP contribution in [0.2, 0.25) is 0 Å². The van der Waals surface area contributed by atoms with Gasteiger partial charge in [0, 0.05) is 16.8 Å². The van der Waals surface area contributed by atoms with Gasteiger partial charge in [-0.15, -0.1) is 0 Å². The summed E-state index contributed by atoms with van der Waals surface area (Å²) in [4.78, 5) is 2.32. The molecule has 0 aliphatic carbocycles. The maximum absolute atomic E-state index is 3.96. The van der Waals surface area contributed by atoms with Crippen LogP contribution in [0, 0.1) is 0 Å². The van der Waals surface area contributed by atoms with E-state index >= 15 is 0 Å². The first-order valence-electron chi connectivity index (χ1n) is 10.6. The number of anilines is 3. The third-order valence-corrected chi connectivity index (χ3v) is 5.34. The molecule has 4 aromatic carbocycles. The van der Waals surface area contributed by atoms with Gasteiger partial charge in [0.25, 0.3) is 0 Å². The average molecular weight is 402 g/mol. The lowest BCUT2D eigenvalue weighted by Gasteiger charge is -2.27. The fourth-order valence-corrected chi connectivity index (χ4v) is 3.80. The second kappa shape index (κ2) is 9.32. The molecule has 0 aliphatic heterocycles. The number of para-hydroxylation sites is 1. The fraction of sp³-hybridized carbons (Fsp3) is 0.0667. The third kappa shape index (κ3) is 4.51. The van der Waals surface area contributed by atoms with Crippen LogP contribution >= 0.6 is 0 Å². The minimum absolute atomic E-state index is 1.04. The van der Waals surface area contributed by atoms with E-state index in [1.165, 1.54) is 27.6 Å². The topological polar surface area (TPSA) is 3.24 Å². The number of allylic oxidation sites excluding steroid dienone is 5. The molecule has 0 aromatic heterocycles. The summed E-state index contributed by atoms with van der Waals surface area (Å²) in [7, 11) is 0. The molecule has 1 heteroatoms. The Morgan fingerprint density at radius 3 is 2.06 bits per heavy atom. The summed E-state index contributed by atoms with van der Waals surface area (Å²) in [5.41, 5.74) is 6.86. The Balaban J connectivity index is 1.81. The van der Waals surface area contributed by atoms with Gasteiger partial charge in [-0.1, -0.05) is 97.1 Å². The highest BCUT2D eigenvalue weighted by atomic mass is 15.1. The molecule has 0 bridgehead atoms. The van der Waals surface area contributed by atoms with E-state index in [0.717, 1.165) is 16.9 Å². The lowest BCUT2D eigenvalue weighted by Crippen LogP contribution is -2.10. The summed E-state index contributed by atoms with van der Waals surface area (Å²) in [6, 6.07) is 34.3. The molecule has 4 rings (SSSR count). The Kier molecular flexibility index (Phi) is 6.14. The van der Waals surface area contributed by atoms with Crippen LogP contribution in [0.25, 0.3) is 16.3 Å². The summed E-state index contributed by atoms with van der Waals surface area (Å²) in [5.74, 6) is 0. The van der Waals surface area contributed by atoms with Gasteiger partial charge in [0.05, 0.1) is 5.69 Å². The zero-order chi connectivity index (χ0) is 21.6. The van der Waals surface area contributed by atoms with Crippen LogP contribution in [-0.2, 0) is 0 Å². The molecule has 0 saturated carbocycles. The minimum Gasteiger partial charge on any atom is -0.310 e. The minimum atomic E-state index is 1.04. The summed E-state index contributed by atoms with van der Waals surface area (Å²) in [6.07, 6.45) is 6.31. The van der Waals surface area contributed by atoms with Crippen molar-refractivity contribution in [1.29, 1.82) is 0 Å². The summed E-state index contributed by atoms with van der Waals surface area (Å²) >= 11 is 0. The fourth-order valence-electron chi connectivity index (χ4n) is 3.80. The average Bonchev–Trinajstić information content (AvgIpc) is 2.81. The Labute approximate surface area is 185 Å². The third-order valence-electron chi connectivity index (χ3n) is 5.34. The van der Waals surface area contributed by atoms with Crippen LogP contribution in [-0.4, -0.2) is 0 Å².